The molecule has 0 N–H and O–H groups in total. The van der Waals surface area contributed by atoms with Gasteiger partial charge in [-0.25, -0.2) is 0 Å². The highest BCUT2D eigenvalue weighted by Crippen LogP contribution is 2.34. The molecule has 0 saturated carbocycles. The molecule has 0 fully saturated rings. The van der Waals surface area contributed by atoms with Crippen LogP contribution in [0, 0.1) is 20.8 Å². The van der Waals surface area contributed by atoms with Crippen LogP contribution < -0.4 is 0 Å². The lowest BCUT2D eigenvalue weighted by molar-refractivity contribution is 0.733. The standard InChI is InChI=1S/C20H25Cl/c1-6-14(3)17-7-9-18(10-8-17)20(21)19-15(4)11-13(2)12-16(19)5/h7-12,14,20H,6H2,1-5H3. The summed E-state index contributed by atoms with van der Waals surface area (Å²) in [6.45, 7) is 10.9. The lowest BCUT2D eigenvalue weighted by Crippen LogP contribution is -2.01. The third-order valence-corrected chi connectivity index (χ3v) is 4.87. The molecular weight excluding hydrogens is 276 g/mol. The van der Waals surface area contributed by atoms with Crippen LogP contribution in [0.25, 0.3) is 0 Å². The van der Waals surface area contributed by atoms with Gasteiger partial charge in [-0.3, -0.25) is 0 Å². The molecule has 2 rings (SSSR count). The van der Waals surface area contributed by atoms with Crippen LogP contribution in [-0.4, -0.2) is 0 Å². The van der Waals surface area contributed by atoms with Crippen molar-refractivity contribution in [3.05, 3.63) is 69.8 Å². The first-order valence-corrected chi connectivity index (χ1v) is 8.19. The number of benzene rings is 2. The Morgan fingerprint density at radius 2 is 1.38 bits per heavy atom. The Labute approximate surface area is 134 Å². The summed E-state index contributed by atoms with van der Waals surface area (Å²) in [4.78, 5) is 0. The van der Waals surface area contributed by atoms with E-state index < -0.39 is 0 Å². The van der Waals surface area contributed by atoms with Crippen LogP contribution in [0.15, 0.2) is 36.4 Å². The predicted octanol–water partition coefficient (Wildman–Crippen LogP) is 6.45. The Balaban J connectivity index is 2.34. The first-order chi connectivity index (χ1) is 9.93. The van der Waals surface area contributed by atoms with Crippen LogP contribution in [0.3, 0.4) is 0 Å². The zero-order valence-corrected chi connectivity index (χ0v) is 14.5. The van der Waals surface area contributed by atoms with Crippen molar-refractivity contribution >= 4 is 11.6 Å². The van der Waals surface area contributed by atoms with Crippen molar-refractivity contribution in [1.29, 1.82) is 0 Å². The van der Waals surface area contributed by atoms with Crippen LogP contribution >= 0.6 is 11.6 Å². The Morgan fingerprint density at radius 3 is 1.86 bits per heavy atom. The SMILES string of the molecule is CCC(C)c1ccc(C(Cl)c2c(C)cc(C)cc2C)cc1. The molecule has 0 bridgehead atoms. The van der Waals surface area contributed by atoms with Gasteiger partial charge in [-0.15, -0.1) is 11.6 Å². The van der Waals surface area contributed by atoms with E-state index in [0.717, 1.165) is 0 Å². The molecule has 0 aliphatic rings. The molecule has 0 spiro atoms. The van der Waals surface area contributed by atoms with E-state index in [2.05, 4.69) is 71.0 Å². The van der Waals surface area contributed by atoms with Gasteiger partial charge >= 0.3 is 0 Å². The highest BCUT2D eigenvalue weighted by atomic mass is 35.5. The fraction of sp³-hybridized carbons (Fsp3) is 0.400. The van der Waals surface area contributed by atoms with Crippen LogP contribution in [0.4, 0.5) is 0 Å². The second kappa shape index (κ2) is 6.66. The quantitative estimate of drug-likeness (QED) is 0.569. The zero-order valence-electron chi connectivity index (χ0n) is 13.7. The summed E-state index contributed by atoms with van der Waals surface area (Å²) in [5.41, 5.74) is 7.67. The van der Waals surface area contributed by atoms with E-state index in [1.165, 1.54) is 39.8 Å². The maximum Gasteiger partial charge on any atom is 0.0840 e. The summed E-state index contributed by atoms with van der Waals surface area (Å²) in [7, 11) is 0. The van der Waals surface area contributed by atoms with Gasteiger partial charge in [0.15, 0.2) is 0 Å². The molecule has 0 aliphatic heterocycles. The normalized spacial score (nSPS) is 14.0. The Hall–Kier alpha value is -1.27. The highest BCUT2D eigenvalue weighted by Gasteiger charge is 2.16. The van der Waals surface area contributed by atoms with E-state index >= 15 is 0 Å². The van der Waals surface area contributed by atoms with Crippen LogP contribution in [0.2, 0.25) is 0 Å². The van der Waals surface area contributed by atoms with Crippen molar-refractivity contribution in [2.45, 2.75) is 52.3 Å². The maximum absolute atomic E-state index is 6.76. The smallest absolute Gasteiger partial charge is 0.0840 e. The fourth-order valence-electron chi connectivity index (χ4n) is 2.99. The van der Waals surface area contributed by atoms with Crippen molar-refractivity contribution in [3.63, 3.8) is 0 Å². The summed E-state index contributed by atoms with van der Waals surface area (Å²) >= 11 is 6.76. The number of hydrogen-bond acceptors (Lipinski definition) is 0. The monoisotopic (exact) mass is 300 g/mol. The molecule has 0 nitrogen and oxygen atoms in total. The lowest BCUT2D eigenvalue weighted by atomic mass is 9.92. The van der Waals surface area contributed by atoms with Crippen molar-refractivity contribution in [1.82, 2.24) is 0 Å². The average Bonchev–Trinajstić information content (AvgIpc) is 2.45. The fourth-order valence-corrected chi connectivity index (χ4v) is 3.48. The third kappa shape index (κ3) is 3.49. The molecule has 0 aliphatic carbocycles. The number of alkyl halides is 1. The molecule has 2 aromatic rings. The largest absolute Gasteiger partial charge is 0.113 e. The van der Waals surface area contributed by atoms with Gasteiger partial charge in [-0.2, -0.15) is 0 Å². The van der Waals surface area contributed by atoms with Gasteiger partial charge in [-0.1, -0.05) is 55.8 Å². The predicted molar refractivity (Wildman–Crippen MR) is 93.5 cm³/mol. The molecule has 112 valence electrons. The summed E-state index contributed by atoms with van der Waals surface area (Å²) in [6, 6.07) is 13.2. The minimum Gasteiger partial charge on any atom is -0.113 e. The molecule has 0 amide bonds. The first-order valence-electron chi connectivity index (χ1n) is 7.75. The molecule has 21 heavy (non-hydrogen) atoms. The summed E-state index contributed by atoms with van der Waals surface area (Å²) in [5.74, 6) is 0.607. The van der Waals surface area contributed by atoms with Crippen molar-refractivity contribution in [3.8, 4) is 0 Å². The van der Waals surface area contributed by atoms with Crippen molar-refractivity contribution in [2.24, 2.45) is 0 Å². The van der Waals surface area contributed by atoms with Crippen LogP contribution in [-0.2, 0) is 0 Å². The van der Waals surface area contributed by atoms with Gasteiger partial charge in [0, 0.05) is 0 Å². The van der Waals surface area contributed by atoms with E-state index in [4.69, 9.17) is 11.6 Å². The first kappa shape index (κ1) is 16.1. The summed E-state index contributed by atoms with van der Waals surface area (Å²) in [5, 5.41) is -0.0726. The topological polar surface area (TPSA) is 0 Å². The molecule has 1 heteroatoms. The minimum absolute atomic E-state index is 0.0726. The molecule has 0 aromatic heterocycles. The van der Waals surface area contributed by atoms with Gasteiger partial charge < -0.3 is 0 Å². The van der Waals surface area contributed by atoms with E-state index in [1.807, 2.05) is 0 Å². The van der Waals surface area contributed by atoms with E-state index in [-0.39, 0.29) is 5.38 Å². The van der Waals surface area contributed by atoms with Gasteiger partial charge in [0.25, 0.3) is 0 Å². The Bertz CT molecular complexity index is 587. The molecule has 0 radical (unpaired) electrons. The minimum atomic E-state index is -0.0726. The number of aryl methyl sites for hydroxylation is 3. The van der Waals surface area contributed by atoms with Gasteiger partial charge in [-0.05, 0) is 60.9 Å². The van der Waals surface area contributed by atoms with E-state index in [9.17, 15) is 0 Å². The van der Waals surface area contributed by atoms with Gasteiger partial charge in [0.2, 0.25) is 0 Å². The average molecular weight is 301 g/mol. The maximum atomic E-state index is 6.76. The summed E-state index contributed by atoms with van der Waals surface area (Å²) in [6.07, 6.45) is 1.17. The second-order valence-electron chi connectivity index (χ2n) is 6.15. The number of rotatable bonds is 4. The molecular formula is C20H25Cl. The van der Waals surface area contributed by atoms with Crippen molar-refractivity contribution in [2.75, 3.05) is 0 Å². The molecule has 2 atom stereocenters. The molecule has 0 saturated heterocycles. The van der Waals surface area contributed by atoms with Crippen LogP contribution in [0.5, 0.6) is 0 Å². The van der Waals surface area contributed by atoms with Crippen molar-refractivity contribution < 1.29 is 0 Å². The molecule has 2 unspecified atom stereocenters. The molecule has 2 aromatic carbocycles. The van der Waals surface area contributed by atoms with E-state index in [1.54, 1.807) is 0 Å². The Morgan fingerprint density at radius 1 is 0.905 bits per heavy atom. The number of halogens is 1. The summed E-state index contributed by atoms with van der Waals surface area (Å²) < 4.78 is 0. The second-order valence-corrected chi connectivity index (χ2v) is 6.59. The van der Waals surface area contributed by atoms with Gasteiger partial charge in [0.05, 0.1) is 5.38 Å². The lowest BCUT2D eigenvalue weighted by Gasteiger charge is -2.18. The highest BCUT2D eigenvalue weighted by molar-refractivity contribution is 6.22. The zero-order chi connectivity index (χ0) is 15.6. The third-order valence-electron chi connectivity index (χ3n) is 4.40. The number of hydrogen-bond donors (Lipinski definition) is 0. The van der Waals surface area contributed by atoms with E-state index in [0.29, 0.717) is 5.92 Å². The van der Waals surface area contributed by atoms with Crippen LogP contribution in [0.1, 0.15) is 64.9 Å². The van der Waals surface area contributed by atoms with Gasteiger partial charge in [0.1, 0.15) is 0 Å². The molecule has 0 heterocycles. The Kier molecular flexibility index (Phi) is 5.11.